The van der Waals surface area contributed by atoms with Gasteiger partial charge in [0.15, 0.2) is 0 Å². The molecule has 462 valence electrons. The molecule has 0 radical (unpaired) electrons. The van der Waals surface area contributed by atoms with E-state index in [4.69, 9.17) is 10.5 Å². The van der Waals surface area contributed by atoms with E-state index in [1.165, 1.54) is 11.8 Å². The highest BCUT2D eigenvalue weighted by Gasteiger charge is 2.42. The highest BCUT2D eigenvalue weighted by atomic mass is 16.5. The SMILES string of the molecule is CNC(C(=O)N[C@H](C(=O)N(C)[C@H](/C=C(\C)C(=O)O)C(C)C)C(C)(C)C)C(C)(C)c1ccc(NC(=O)OCc2ccc(NC(=O)[C@H](CCCNC(N)=O)NC(=O)[C@@H](NC(=O)CCC(=O)N3Cc4ccccc4C=Cc4ccccc43)C(C)C)cc2)cc1. The lowest BCUT2D eigenvalue weighted by Crippen LogP contribution is -2.61. The average Bonchev–Trinajstić information content (AvgIpc) is 1.31. The molecule has 86 heavy (non-hydrogen) atoms. The Morgan fingerprint density at radius 1 is 0.721 bits per heavy atom. The van der Waals surface area contributed by atoms with Gasteiger partial charge in [-0.05, 0) is 102 Å². The Labute approximate surface area is 504 Å². The fourth-order valence-electron chi connectivity index (χ4n) is 10.0. The van der Waals surface area contributed by atoms with Crippen molar-refractivity contribution in [1.29, 1.82) is 0 Å². The number of benzene rings is 4. The second-order valence-corrected chi connectivity index (χ2v) is 23.9. The van der Waals surface area contributed by atoms with Gasteiger partial charge in [0, 0.05) is 48.8 Å². The summed E-state index contributed by atoms with van der Waals surface area (Å²) in [6, 6.07) is 23.5. The standard InChI is InChI=1S/C65H86N10O11/c1-39(2)51(36-41(5)61(82)83)74(12)60(81)56(64(6,7)8)73-59(80)55(67-11)65(9,10)46-27-31-48(32-28-46)70-63(85)86-38-42-23-29-47(30-24-42)69-57(78)49(21-17-35-68-62(66)84)71-58(79)54(40(3)4)72-52(76)33-34-53(77)75-37-45-20-14-13-18-43(45)25-26-44-19-15-16-22-50(44)75/h13-16,18-20,22-32,36,39-40,49,51,54-56,67H,17,21,33-35,37-38H2,1-12H3,(H,69,78)(H,70,85)(H,71,79)(H,72,76)(H,73,80)(H,82,83)(H3,66,68,84)/b26-25?,41-36+/t49-,51+,54-,55?,56+/m0/s1. The number of nitrogens with zero attached hydrogens (tertiary/aromatic N) is 2. The summed E-state index contributed by atoms with van der Waals surface area (Å²) in [6.07, 6.45) is 4.81. The molecule has 9 amide bonds. The predicted octanol–water partition coefficient (Wildman–Crippen LogP) is 7.86. The van der Waals surface area contributed by atoms with Crippen LogP contribution in [-0.2, 0) is 56.9 Å². The molecule has 4 aromatic carbocycles. The van der Waals surface area contributed by atoms with Crippen LogP contribution in [0.25, 0.3) is 12.2 Å². The Balaban J connectivity index is 1.16. The number of likely N-dealkylation sites (N-methyl/N-ethyl adjacent to an activating group) is 2. The van der Waals surface area contributed by atoms with Gasteiger partial charge >= 0.3 is 18.1 Å². The maximum absolute atomic E-state index is 14.1. The van der Waals surface area contributed by atoms with E-state index < -0.39 is 88.7 Å². The quantitative estimate of drug-likeness (QED) is 0.0214. The Bertz CT molecular complexity index is 3130. The number of anilines is 3. The zero-order chi connectivity index (χ0) is 63.6. The third-order valence-corrected chi connectivity index (χ3v) is 15.2. The number of hydrogen-bond acceptors (Lipinski definition) is 11. The van der Waals surface area contributed by atoms with Crippen LogP contribution in [0.3, 0.4) is 0 Å². The van der Waals surface area contributed by atoms with Crippen molar-refractivity contribution >= 4 is 82.8 Å². The number of aliphatic carboxylic acids is 1. The van der Waals surface area contributed by atoms with Crippen LogP contribution >= 0.6 is 0 Å². The number of carbonyl (C=O) groups excluding carboxylic acids is 8. The van der Waals surface area contributed by atoms with Crippen LogP contribution in [0.15, 0.2) is 109 Å². The van der Waals surface area contributed by atoms with Crippen LogP contribution in [-0.4, -0.2) is 114 Å². The summed E-state index contributed by atoms with van der Waals surface area (Å²) in [5.74, 6) is -4.38. The zero-order valence-corrected chi connectivity index (χ0v) is 51.5. The van der Waals surface area contributed by atoms with E-state index in [0.717, 1.165) is 22.3 Å². The number of amides is 9. The summed E-state index contributed by atoms with van der Waals surface area (Å²) in [7, 11) is 3.26. The minimum Gasteiger partial charge on any atom is -0.478 e. The molecule has 1 aliphatic rings. The summed E-state index contributed by atoms with van der Waals surface area (Å²) in [5.41, 5.74) is 9.44. The highest BCUT2D eigenvalue weighted by molar-refractivity contribution is 6.00. The first-order valence-corrected chi connectivity index (χ1v) is 28.9. The van der Waals surface area contributed by atoms with Crippen molar-refractivity contribution in [3.05, 3.63) is 137 Å². The number of hydrogen-bond donors (Lipinski definition) is 9. The minimum absolute atomic E-state index is 0.0908. The van der Waals surface area contributed by atoms with Crippen molar-refractivity contribution in [2.45, 2.75) is 144 Å². The van der Waals surface area contributed by atoms with Crippen molar-refractivity contribution in [3.63, 3.8) is 0 Å². The fourth-order valence-corrected chi connectivity index (χ4v) is 10.0. The molecule has 0 saturated heterocycles. The topological polar surface area (TPSA) is 300 Å². The largest absolute Gasteiger partial charge is 0.478 e. The number of nitrogens with one attached hydrogen (secondary N) is 7. The van der Waals surface area contributed by atoms with Crippen LogP contribution in [0.2, 0.25) is 0 Å². The van der Waals surface area contributed by atoms with Crippen molar-refractivity contribution in [1.82, 2.24) is 31.5 Å². The summed E-state index contributed by atoms with van der Waals surface area (Å²) in [5, 5.41) is 29.2. The molecule has 5 rings (SSSR count). The molecule has 1 unspecified atom stereocenters. The van der Waals surface area contributed by atoms with Gasteiger partial charge in [-0.2, -0.15) is 0 Å². The molecule has 1 heterocycles. The third-order valence-electron chi connectivity index (χ3n) is 15.2. The maximum atomic E-state index is 14.1. The monoisotopic (exact) mass is 1180 g/mol. The van der Waals surface area contributed by atoms with E-state index >= 15 is 0 Å². The Morgan fingerprint density at radius 2 is 1.33 bits per heavy atom. The van der Waals surface area contributed by atoms with E-state index in [2.05, 4.69) is 37.2 Å². The molecule has 4 aromatic rings. The number of fused-ring (bicyclic) bond motifs is 2. The number of rotatable bonds is 26. The number of primary amides is 1. The first-order valence-electron chi connectivity index (χ1n) is 28.9. The van der Waals surface area contributed by atoms with E-state index in [-0.39, 0.29) is 62.1 Å². The zero-order valence-electron chi connectivity index (χ0n) is 51.5. The molecule has 21 nitrogen and oxygen atoms in total. The highest BCUT2D eigenvalue weighted by Crippen LogP contribution is 2.32. The van der Waals surface area contributed by atoms with E-state index in [1.54, 1.807) is 87.4 Å². The van der Waals surface area contributed by atoms with Crippen molar-refractivity contribution in [3.8, 4) is 0 Å². The lowest BCUT2D eigenvalue weighted by atomic mass is 9.76. The maximum Gasteiger partial charge on any atom is 0.411 e. The number of carbonyl (C=O) groups is 9. The summed E-state index contributed by atoms with van der Waals surface area (Å²) >= 11 is 0. The number of carboxylic acids is 1. The number of carboxylic acid groups (broad SMARTS) is 1. The second kappa shape index (κ2) is 30.8. The third kappa shape index (κ3) is 19.1. The molecule has 0 saturated carbocycles. The van der Waals surface area contributed by atoms with Crippen molar-refractivity contribution in [2.75, 3.05) is 36.2 Å². The lowest BCUT2D eigenvalue weighted by molar-refractivity contribution is -0.141. The fraction of sp³-hybridized carbons (Fsp3) is 0.431. The molecular formula is C65H86N10O11. The Kier molecular flexibility index (Phi) is 24.3. The van der Waals surface area contributed by atoms with Gasteiger partial charge in [0.05, 0.1) is 24.3 Å². The number of ether oxygens (including phenoxy) is 1. The number of urea groups is 1. The van der Waals surface area contributed by atoms with E-state index in [0.29, 0.717) is 29.2 Å². The smallest absolute Gasteiger partial charge is 0.411 e. The Hall–Kier alpha value is -8.85. The van der Waals surface area contributed by atoms with Gasteiger partial charge in [0.1, 0.15) is 24.7 Å². The van der Waals surface area contributed by atoms with Crippen molar-refractivity contribution < 1.29 is 53.0 Å². The van der Waals surface area contributed by atoms with Gasteiger partial charge in [-0.1, -0.05) is 147 Å². The number of nitrogens with two attached hydrogens (primary N) is 1. The summed E-state index contributed by atoms with van der Waals surface area (Å²) in [6.45, 7) is 18.4. The van der Waals surface area contributed by atoms with Crippen LogP contribution in [0.5, 0.6) is 0 Å². The van der Waals surface area contributed by atoms with Crippen LogP contribution in [0.4, 0.5) is 26.7 Å². The van der Waals surface area contributed by atoms with Crippen molar-refractivity contribution in [2.24, 2.45) is 23.0 Å². The van der Waals surface area contributed by atoms with Gasteiger partial charge in [-0.15, -0.1) is 0 Å². The van der Waals surface area contributed by atoms with Gasteiger partial charge in [0.25, 0.3) is 0 Å². The average molecular weight is 1180 g/mol. The lowest BCUT2D eigenvalue weighted by Gasteiger charge is -2.40. The molecule has 0 spiro atoms. The Morgan fingerprint density at radius 3 is 1.93 bits per heavy atom. The first-order chi connectivity index (χ1) is 40.5. The summed E-state index contributed by atoms with van der Waals surface area (Å²) in [4.78, 5) is 123. The first kappa shape index (κ1) is 67.9. The molecule has 0 aromatic heterocycles. The second-order valence-electron chi connectivity index (χ2n) is 23.9. The molecule has 10 N–H and O–H groups in total. The van der Waals surface area contributed by atoms with Gasteiger partial charge in [-0.3, -0.25) is 34.1 Å². The predicted molar refractivity (Wildman–Crippen MR) is 333 cm³/mol. The van der Waals surface area contributed by atoms with Gasteiger partial charge < -0.3 is 57.3 Å². The van der Waals surface area contributed by atoms with E-state index in [1.807, 2.05) is 109 Å². The van der Waals surface area contributed by atoms with E-state index in [9.17, 15) is 48.3 Å². The molecule has 1 aliphatic heterocycles. The van der Waals surface area contributed by atoms with Crippen LogP contribution < -0.4 is 47.9 Å². The summed E-state index contributed by atoms with van der Waals surface area (Å²) < 4.78 is 5.51. The molecule has 5 atom stereocenters. The molecule has 21 heteroatoms. The number of para-hydroxylation sites is 1. The molecule has 0 fully saturated rings. The van der Waals surface area contributed by atoms with Crippen LogP contribution in [0.1, 0.15) is 123 Å². The molecule has 0 bridgehead atoms. The normalized spacial score (nSPS) is 14.1. The van der Waals surface area contributed by atoms with Gasteiger partial charge in [-0.25, -0.2) is 14.4 Å². The minimum atomic E-state index is -1.11. The van der Waals surface area contributed by atoms with Crippen LogP contribution in [0, 0.1) is 17.3 Å². The molecular weight excluding hydrogens is 1100 g/mol. The van der Waals surface area contributed by atoms with Gasteiger partial charge in [0.2, 0.25) is 35.4 Å². The molecule has 0 aliphatic carbocycles.